The van der Waals surface area contributed by atoms with Crippen LogP contribution in [0.1, 0.15) is 45.6 Å². The lowest BCUT2D eigenvalue weighted by molar-refractivity contribution is 0.288. The molecule has 0 saturated heterocycles. The smallest absolute Gasteiger partial charge is 0.266 e. The van der Waals surface area contributed by atoms with Gasteiger partial charge in [-0.3, -0.25) is 4.18 Å². The molecule has 0 aliphatic carbocycles. The minimum atomic E-state index is -3.59. The van der Waals surface area contributed by atoms with Crippen molar-refractivity contribution >= 4 is 10.1 Å². The zero-order valence-electron chi connectivity index (χ0n) is 12.3. The molecule has 0 spiro atoms. The highest BCUT2D eigenvalue weighted by atomic mass is 32.2. The highest BCUT2D eigenvalue weighted by molar-refractivity contribution is 7.86. The monoisotopic (exact) mass is 284 g/mol. The van der Waals surface area contributed by atoms with E-state index in [4.69, 9.17) is 4.18 Å². The average Bonchev–Trinajstić information content (AvgIpc) is 2.27. The molecule has 0 heterocycles. The van der Waals surface area contributed by atoms with Gasteiger partial charge in [0.15, 0.2) is 0 Å². The van der Waals surface area contributed by atoms with Crippen LogP contribution in [0.15, 0.2) is 29.2 Å². The first-order valence-electron chi connectivity index (χ1n) is 6.67. The first-order chi connectivity index (χ1) is 8.71. The highest BCUT2D eigenvalue weighted by Crippen LogP contribution is 2.21. The van der Waals surface area contributed by atoms with Crippen molar-refractivity contribution in [2.75, 3.05) is 6.61 Å². The molecular weight excluding hydrogens is 260 g/mol. The Kier molecular flexibility index (Phi) is 5.56. The fourth-order valence-corrected chi connectivity index (χ4v) is 2.64. The summed E-state index contributed by atoms with van der Waals surface area (Å²) in [6.45, 7) is 8.71. The minimum Gasteiger partial charge on any atom is -0.266 e. The van der Waals surface area contributed by atoms with Crippen molar-refractivity contribution in [1.29, 1.82) is 0 Å². The summed E-state index contributed by atoms with van der Waals surface area (Å²) in [7, 11) is -3.59. The van der Waals surface area contributed by atoms with Crippen LogP contribution in [-0.2, 0) is 14.3 Å². The molecule has 4 heteroatoms. The fraction of sp³-hybridized carbons (Fsp3) is 0.600. The van der Waals surface area contributed by atoms with E-state index in [0.717, 1.165) is 24.8 Å². The second-order valence-corrected chi connectivity index (χ2v) is 7.72. The molecule has 0 fully saturated rings. The summed E-state index contributed by atoms with van der Waals surface area (Å²) in [5.74, 6) is 0. The molecule has 0 radical (unpaired) electrons. The normalized spacial score (nSPS) is 12.6. The number of unbranched alkanes of at least 4 members (excludes halogenated alkanes) is 1. The van der Waals surface area contributed by atoms with Crippen LogP contribution in [0.4, 0.5) is 0 Å². The maximum atomic E-state index is 11.9. The molecule has 0 unspecified atom stereocenters. The molecule has 0 aliphatic rings. The summed E-state index contributed by atoms with van der Waals surface area (Å²) in [5, 5.41) is 0. The van der Waals surface area contributed by atoms with Gasteiger partial charge in [0.2, 0.25) is 0 Å². The molecule has 0 saturated carbocycles. The van der Waals surface area contributed by atoms with E-state index in [0.29, 0.717) is 0 Å². The summed E-state index contributed by atoms with van der Waals surface area (Å²) < 4.78 is 28.8. The second-order valence-electron chi connectivity index (χ2n) is 6.11. The van der Waals surface area contributed by atoms with Gasteiger partial charge in [-0.15, -0.1) is 0 Å². The molecule has 0 bridgehead atoms. The molecule has 108 valence electrons. The molecule has 1 aromatic rings. The van der Waals surface area contributed by atoms with Crippen molar-refractivity contribution < 1.29 is 12.6 Å². The number of aryl methyl sites for hydroxylation is 1. The largest absolute Gasteiger partial charge is 0.296 e. The lowest BCUT2D eigenvalue weighted by Gasteiger charge is -2.17. The zero-order valence-corrected chi connectivity index (χ0v) is 13.1. The Bertz CT molecular complexity index is 481. The van der Waals surface area contributed by atoms with Crippen molar-refractivity contribution in [3.8, 4) is 0 Å². The lowest BCUT2D eigenvalue weighted by atomic mass is 9.90. The number of rotatable bonds is 6. The number of hydrogen-bond acceptors (Lipinski definition) is 3. The SMILES string of the molecule is Cc1ccc(S(=O)(=O)OCCCCC(C)(C)C)cc1. The third-order valence-electron chi connectivity index (χ3n) is 2.87. The quantitative estimate of drug-likeness (QED) is 0.587. The maximum Gasteiger partial charge on any atom is 0.296 e. The zero-order chi connectivity index (χ0) is 14.5. The summed E-state index contributed by atoms with van der Waals surface area (Å²) in [6.07, 6.45) is 2.82. The Balaban J connectivity index is 2.42. The molecule has 1 rings (SSSR count). The van der Waals surface area contributed by atoms with Crippen molar-refractivity contribution in [2.45, 2.75) is 51.9 Å². The highest BCUT2D eigenvalue weighted by Gasteiger charge is 2.15. The topological polar surface area (TPSA) is 43.4 Å². The summed E-state index contributed by atoms with van der Waals surface area (Å²) >= 11 is 0. The van der Waals surface area contributed by atoms with E-state index in [2.05, 4.69) is 20.8 Å². The van der Waals surface area contributed by atoms with E-state index >= 15 is 0 Å². The number of benzene rings is 1. The maximum absolute atomic E-state index is 11.9. The number of hydrogen-bond donors (Lipinski definition) is 0. The summed E-state index contributed by atoms with van der Waals surface area (Å²) in [4.78, 5) is 0.230. The van der Waals surface area contributed by atoms with E-state index in [1.807, 2.05) is 6.92 Å². The van der Waals surface area contributed by atoms with Gasteiger partial charge >= 0.3 is 0 Å². The van der Waals surface area contributed by atoms with Crippen molar-refractivity contribution in [3.63, 3.8) is 0 Å². The summed E-state index contributed by atoms with van der Waals surface area (Å²) in [5.41, 5.74) is 1.32. The van der Waals surface area contributed by atoms with Crippen molar-refractivity contribution in [1.82, 2.24) is 0 Å². The van der Waals surface area contributed by atoms with Crippen LogP contribution in [0.2, 0.25) is 0 Å². The summed E-state index contributed by atoms with van der Waals surface area (Å²) in [6, 6.07) is 6.71. The van der Waals surface area contributed by atoms with Gasteiger partial charge in [-0.05, 0) is 37.3 Å². The van der Waals surface area contributed by atoms with Gasteiger partial charge in [0.05, 0.1) is 11.5 Å². The van der Waals surface area contributed by atoms with Gasteiger partial charge in [0.25, 0.3) is 10.1 Å². The molecule has 0 atom stereocenters. The van der Waals surface area contributed by atoms with E-state index in [9.17, 15) is 8.42 Å². The molecule has 0 amide bonds. The van der Waals surface area contributed by atoms with Crippen molar-refractivity contribution in [3.05, 3.63) is 29.8 Å². The Morgan fingerprint density at radius 3 is 2.16 bits per heavy atom. The van der Waals surface area contributed by atoms with Crippen LogP contribution >= 0.6 is 0 Å². The minimum absolute atomic E-state index is 0.230. The molecule has 19 heavy (non-hydrogen) atoms. The Labute approximate surface area is 117 Å². The van der Waals surface area contributed by atoms with E-state index < -0.39 is 10.1 Å². The predicted octanol–water partition coefficient (Wildman–Crippen LogP) is 3.92. The van der Waals surface area contributed by atoms with Crippen LogP contribution in [0.5, 0.6) is 0 Å². The Morgan fingerprint density at radius 1 is 1.05 bits per heavy atom. The fourth-order valence-electron chi connectivity index (χ4n) is 1.70. The average molecular weight is 284 g/mol. The first-order valence-corrected chi connectivity index (χ1v) is 8.08. The third-order valence-corrected chi connectivity index (χ3v) is 4.20. The predicted molar refractivity (Wildman–Crippen MR) is 77.6 cm³/mol. The van der Waals surface area contributed by atoms with Gasteiger partial charge in [-0.2, -0.15) is 8.42 Å². The van der Waals surface area contributed by atoms with Gasteiger partial charge in [0, 0.05) is 0 Å². The van der Waals surface area contributed by atoms with Gasteiger partial charge < -0.3 is 0 Å². The first kappa shape index (κ1) is 16.2. The lowest BCUT2D eigenvalue weighted by Crippen LogP contribution is -2.09. The Hall–Kier alpha value is -0.870. The van der Waals surface area contributed by atoms with Gasteiger partial charge in [0.1, 0.15) is 0 Å². The molecular formula is C15H24O3S. The molecule has 3 nitrogen and oxygen atoms in total. The van der Waals surface area contributed by atoms with Gasteiger partial charge in [-0.1, -0.05) is 44.9 Å². The van der Waals surface area contributed by atoms with Crippen LogP contribution < -0.4 is 0 Å². The van der Waals surface area contributed by atoms with Crippen LogP contribution in [0.25, 0.3) is 0 Å². The van der Waals surface area contributed by atoms with Crippen LogP contribution in [0.3, 0.4) is 0 Å². The van der Waals surface area contributed by atoms with Gasteiger partial charge in [-0.25, -0.2) is 0 Å². The molecule has 0 aliphatic heterocycles. The Morgan fingerprint density at radius 2 is 1.63 bits per heavy atom. The molecule has 0 N–H and O–H groups in total. The molecule has 1 aromatic carbocycles. The van der Waals surface area contributed by atoms with E-state index in [1.165, 1.54) is 0 Å². The van der Waals surface area contributed by atoms with E-state index in [1.54, 1.807) is 24.3 Å². The van der Waals surface area contributed by atoms with Crippen LogP contribution in [0, 0.1) is 12.3 Å². The second kappa shape index (κ2) is 6.53. The standard InChI is InChI=1S/C15H24O3S/c1-13-7-9-14(10-8-13)19(16,17)18-12-6-5-11-15(2,3)4/h7-10H,5-6,11-12H2,1-4H3. The van der Waals surface area contributed by atoms with Crippen molar-refractivity contribution in [2.24, 2.45) is 5.41 Å². The van der Waals surface area contributed by atoms with Crippen LogP contribution in [-0.4, -0.2) is 15.0 Å². The molecule has 0 aromatic heterocycles. The van der Waals surface area contributed by atoms with E-state index in [-0.39, 0.29) is 16.9 Å². The third kappa shape index (κ3) is 6.21.